The number of methoxy groups -OCH3 is 2. The minimum Gasteiger partial charge on any atom is -0.493 e. The van der Waals surface area contributed by atoms with Gasteiger partial charge < -0.3 is 14.4 Å². The highest BCUT2D eigenvalue weighted by Crippen LogP contribution is 2.36. The molecule has 2 aromatic carbocycles. The van der Waals surface area contributed by atoms with Gasteiger partial charge in [-0.25, -0.2) is 0 Å². The Labute approximate surface area is 163 Å². The first-order valence-corrected chi connectivity index (χ1v) is 8.95. The third kappa shape index (κ3) is 4.14. The summed E-state index contributed by atoms with van der Waals surface area (Å²) >= 11 is 6.19. The van der Waals surface area contributed by atoms with Gasteiger partial charge in [-0.15, -0.1) is 0 Å². The zero-order chi connectivity index (χ0) is 19.4. The van der Waals surface area contributed by atoms with E-state index in [1.54, 1.807) is 41.3 Å². The molecule has 1 fully saturated rings. The van der Waals surface area contributed by atoms with E-state index in [0.717, 1.165) is 17.7 Å². The van der Waals surface area contributed by atoms with Gasteiger partial charge in [0.05, 0.1) is 19.2 Å². The number of ether oxygens (including phenoxy) is 2. The molecule has 0 N–H and O–H groups in total. The van der Waals surface area contributed by atoms with Gasteiger partial charge in [0, 0.05) is 24.2 Å². The molecule has 1 aliphatic rings. The molecule has 0 saturated carbocycles. The topological polar surface area (TPSA) is 55.8 Å². The largest absolute Gasteiger partial charge is 0.493 e. The van der Waals surface area contributed by atoms with Gasteiger partial charge in [0.2, 0.25) is 5.91 Å². The Kier molecular flexibility index (Phi) is 5.81. The minimum absolute atomic E-state index is 0.0927. The SMILES string of the molecule is COc1cc(/C=C/C(=O)c2cccc(N3CCCC3=O)c2)cc(Cl)c1OC. The van der Waals surface area contributed by atoms with Crippen LogP contribution >= 0.6 is 11.6 Å². The summed E-state index contributed by atoms with van der Waals surface area (Å²) in [5.74, 6) is 0.877. The Bertz CT molecular complexity index is 907. The van der Waals surface area contributed by atoms with E-state index in [1.165, 1.54) is 20.3 Å². The molecule has 5 nitrogen and oxygen atoms in total. The second kappa shape index (κ2) is 8.27. The standard InChI is InChI=1S/C21H20ClNO4/c1-26-19-12-14(11-17(22)21(19)27-2)8-9-18(24)15-5-3-6-16(13-15)23-10-4-7-20(23)25/h3,5-6,8-9,11-13H,4,7,10H2,1-2H3/b9-8+. The summed E-state index contributed by atoms with van der Waals surface area (Å²) in [6.45, 7) is 0.691. The molecule has 0 aromatic heterocycles. The van der Waals surface area contributed by atoms with Gasteiger partial charge in [-0.3, -0.25) is 9.59 Å². The number of allylic oxidation sites excluding steroid dienone is 1. The van der Waals surface area contributed by atoms with E-state index < -0.39 is 0 Å². The van der Waals surface area contributed by atoms with Crippen molar-refractivity contribution in [3.63, 3.8) is 0 Å². The lowest BCUT2D eigenvalue weighted by molar-refractivity contribution is -0.117. The van der Waals surface area contributed by atoms with Crippen LogP contribution < -0.4 is 14.4 Å². The van der Waals surface area contributed by atoms with Gasteiger partial charge in [0.25, 0.3) is 0 Å². The van der Waals surface area contributed by atoms with E-state index in [9.17, 15) is 9.59 Å². The van der Waals surface area contributed by atoms with Crippen LogP contribution in [0, 0.1) is 0 Å². The maximum Gasteiger partial charge on any atom is 0.227 e. The highest BCUT2D eigenvalue weighted by molar-refractivity contribution is 6.32. The van der Waals surface area contributed by atoms with Crippen LogP contribution in [0.3, 0.4) is 0 Å². The van der Waals surface area contributed by atoms with E-state index in [2.05, 4.69) is 0 Å². The maximum absolute atomic E-state index is 12.5. The van der Waals surface area contributed by atoms with Crippen LogP contribution in [-0.2, 0) is 4.79 Å². The number of halogens is 1. The van der Waals surface area contributed by atoms with Gasteiger partial charge in [-0.1, -0.05) is 29.8 Å². The molecule has 0 unspecified atom stereocenters. The molecule has 3 rings (SSSR count). The molecule has 1 amide bonds. The highest BCUT2D eigenvalue weighted by Gasteiger charge is 2.22. The average molecular weight is 386 g/mol. The van der Waals surface area contributed by atoms with Gasteiger partial charge in [0.15, 0.2) is 17.3 Å². The normalized spacial score (nSPS) is 14.0. The van der Waals surface area contributed by atoms with Crippen molar-refractivity contribution in [2.75, 3.05) is 25.7 Å². The quantitative estimate of drug-likeness (QED) is 0.547. The molecule has 6 heteroatoms. The number of hydrogen-bond donors (Lipinski definition) is 0. The second-order valence-electron chi connectivity index (χ2n) is 6.14. The third-order valence-corrected chi connectivity index (χ3v) is 4.68. The number of hydrogen-bond acceptors (Lipinski definition) is 4. The molecule has 1 aliphatic heterocycles. The van der Waals surface area contributed by atoms with E-state index in [4.69, 9.17) is 21.1 Å². The first-order chi connectivity index (χ1) is 13.0. The fourth-order valence-electron chi connectivity index (χ4n) is 3.05. The van der Waals surface area contributed by atoms with Crippen molar-refractivity contribution in [1.29, 1.82) is 0 Å². The Hall–Kier alpha value is -2.79. The monoisotopic (exact) mass is 385 g/mol. The van der Waals surface area contributed by atoms with Crippen molar-refractivity contribution >= 4 is 35.1 Å². The number of carbonyl (C=O) groups excluding carboxylic acids is 2. The summed E-state index contributed by atoms with van der Waals surface area (Å²) in [5.41, 5.74) is 2.00. The lowest BCUT2D eigenvalue weighted by Gasteiger charge is -2.16. The number of anilines is 1. The van der Waals surface area contributed by atoms with Gasteiger partial charge >= 0.3 is 0 Å². The van der Waals surface area contributed by atoms with Crippen LogP contribution in [0.4, 0.5) is 5.69 Å². The molecule has 27 heavy (non-hydrogen) atoms. The van der Waals surface area contributed by atoms with Crippen LogP contribution in [-0.4, -0.2) is 32.5 Å². The Balaban J connectivity index is 1.81. The molecule has 1 saturated heterocycles. The van der Waals surface area contributed by atoms with E-state index >= 15 is 0 Å². The second-order valence-corrected chi connectivity index (χ2v) is 6.54. The predicted molar refractivity (Wildman–Crippen MR) is 106 cm³/mol. The van der Waals surface area contributed by atoms with Crippen LogP contribution in [0.15, 0.2) is 42.5 Å². The fraction of sp³-hybridized carbons (Fsp3) is 0.238. The highest BCUT2D eigenvalue weighted by atomic mass is 35.5. The van der Waals surface area contributed by atoms with Crippen molar-refractivity contribution in [1.82, 2.24) is 0 Å². The smallest absolute Gasteiger partial charge is 0.227 e. The van der Waals surface area contributed by atoms with Crippen molar-refractivity contribution in [3.05, 3.63) is 58.6 Å². The minimum atomic E-state index is -0.158. The number of nitrogens with zero attached hydrogens (tertiary/aromatic N) is 1. The van der Waals surface area contributed by atoms with Crippen LogP contribution in [0.2, 0.25) is 5.02 Å². The van der Waals surface area contributed by atoms with Crippen LogP contribution in [0.25, 0.3) is 6.08 Å². The summed E-state index contributed by atoms with van der Waals surface area (Å²) in [7, 11) is 3.04. The van der Waals surface area contributed by atoms with Crippen molar-refractivity contribution in [2.24, 2.45) is 0 Å². The molecule has 0 bridgehead atoms. The summed E-state index contributed by atoms with van der Waals surface area (Å²) in [6, 6.07) is 10.6. The molecular weight excluding hydrogens is 366 g/mol. The van der Waals surface area contributed by atoms with Crippen LogP contribution in [0.5, 0.6) is 11.5 Å². The molecule has 0 aliphatic carbocycles. The number of ketones is 1. The third-order valence-electron chi connectivity index (χ3n) is 4.40. The summed E-state index contributed by atoms with van der Waals surface area (Å²) in [4.78, 5) is 26.2. The Morgan fingerprint density at radius 2 is 2.00 bits per heavy atom. The summed E-state index contributed by atoms with van der Waals surface area (Å²) in [6.07, 6.45) is 4.54. The fourth-order valence-corrected chi connectivity index (χ4v) is 3.35. The average Bonchev–Trinajstić information content (AvgIpc) is 3.11. The molecule has 0 spiro atoms. The summed E-state index contributed by atoms with van der Waals surface area (Å²) < 4.78 is 10.5. The first kappa shape index (κ1) is 19.0. The van der Waals surface area contributed by atoms with E-state index in [0.29, 0.717) is 35.1 Å². The maximum atomic E-state index is 12.5. The van der Waals surface area contributed by atoms with E-state index in [1.807, 2.05) is 6.07 Å². The molecule has 0 atom stereocenters. The molecule has 1 heterocycles. The number of amides is 1. The molecule has 140 valence electrons. The zero-order valence-corrected chi connectivity index (χ0v) is 16.0. The Morgan fingerprint density at radius 3 is 2.67 bits per heavy atom. The molecule has 0 radical (unpaired) electrons. The van der Waals surface area contributed by atoms with Crippen molar-refractivity contribution in [2.45, 2.75) is 12.8 Å². The van der Waals surface area contributed by atoms with Gasteiger partial charge in [0.1, 0.15) is 0 Å². The van der Waals surface area contributed by atoms with Gasteiger partial charge in [-0.2, -0.15) is 0 Å². The van der Waals surface area contributed by atoms with Crippen molar-refractivity contribution in [3.8, 4) is 11.5 Å². The Morgan fingerprint density at radius 1 is 1.19 bits per heavy atom. The zero-order valence-electron chi connectivity index (χ0n) is 15.2. The van der Waals surface area contributed by atoms with Crippen LogP contribution in [0.1, 0.15) is 28.8 Å². The van der Waals surface area contributed by atoms with Gasteiger partial charge in [-0.05, 0) is 42.3 Å². The predicted octanol–water partition coefficient (Wildman–Crippen LogP) is 4.38. The van der Waals surface area contributed by atoms with E-state index in [-0.39, 0.29) is 11.7 Å². The number of rotatable bonds is 6. The molecular formula is C21H20ClNO4. The first-order valence-electron chi connectivity index (χ1n) is 8.58. The van der Waals surface area contributed by atoms with Crippen molar-refractivity contribution < 1.29 is 19.1 Å². The number of benzene rings is 2. The lowest BCUT2D eigenvalue weighted by atomic mass is 10.1. The summed E-state index contributed by atoms with van der Waals surface area (Å²) in [5, 5.41) is 0.401. The number of carbonyl (C=O) groups is 2. The lowest BCUT2D eigenvalue weighted by Crippen LogP contribution is -2.23. The molecule has 2 aromatic rings.